The molecule has 0 aliphatic heterocycles. The summed E-state index contributed by atoms with van der Waals surface area (Å²) in [4.78, 5) is 19.7. The normalized spacial score (nSPS) is 10.1. The Morgan fingerprint density at radius 3 is 1.15 bits per heavy atom. The number of unbranched alkanes of at least 4 members (excludes halogenated alkanes) is 14. The molecular formula is C22H40O4-2. The molecule has 0 unspecified atom stereocenters. The second-order valence-corrected chi connectivity index (χ2v) is 7.14. The van der Waals surface area contributed by atoms with Crippen LogP contribution in [0.3, 0.4) is 0 Å². The highest BCUT2D eigenvalue weighted by Gasteiger charge is 1.94. The number of carbonyl (C=O) groups excluding carboxylic acids is 2. The molecule has 0 aromatic rings. The van der Waals surface area contributed by atoms with Gasteiger partial charge in [0.15, 0.2) is 0 Å². The quantitative estimate of drug-likeness (QED) is 0.283. The van der Waals surface area contributed by atoms with Crippen LogP contribution >= 0.6 is 0 Å². The first kappa shape index (κ1) is 26.9. The van der Waals surface area contributed by atoms with Gasteiger partial charge in [-0.25, -0.2) is 0 Å². The van der Waals surface area contributed by atoms with Gasteiger partial charge in [0.25, 0.3) is 0 Å². The van der Waals surface area contributed by atoms with Crippen LogP contribution in [-0.2, 0) is 9.59 Å². The maximum absolute atomic E-state index is 10.2. The number of carboxylic acid groups (broad SMARTS) is 2. The van der Waals surface area contributed by atoms with Gasteiger partial charge in [0.2, 0.25) is 0 Å². The lowest BCUT2D eigenvalue weighted by molar-refractivity contribution is -0.306. The molecule has 0 aromatic carbocycles. The summed E-state index contributed by atoms with van der Waals surface area (Å²) in [6.45, 7) is 6.74. The van der Waals surface area contributed by atoms with Crippen molar-refractivity contribution in [1.29, 1.82) is 0 Å². The third-order valence-corrected chi connectivity index (χ3v) is 4.33. The fourth-order valence-corrected chi connectivity index (χ4v) is 2.64. The maximum atomic E-state index is 10.2. The second-order valence-electron chi connectivity index (χ2n) is 7.14. The van der Waals surface area contributed by atoms with E-state index in [-0.39, 0.29) is 12.0 Å². The summed E-state index contributed by atoms with van der Waals surface area (Å²) in [5.41, 5.74) is 0.0648. The van der Waals surface area contributed by atoms with E-state index >= 15 is 0 Å². The molecule has 0 amide bonds. The largest absolute Gasteiger partial charge is 0.550 e. The fraction of sp³-hybridized carbons (Fsp3) is 0.818. The van der Waals surface area contributed by atoms with Crippen LogP contribution in [0.25, 0.3) is 0 Å². The SMILES string of the molecule is C=C(C)C(=O)[O-].CCCCCCCCCCCCCCCCCC(=O)[O-]. The van der Waals surface area contributed by atoms with Crippen LogP contribution in [0.1, 0.15) is 117 Å². The van der Waals surface area contributed by atoms with Crippen molar-refractivity contribution in [1.82, 2.24) is 0 Å². The summed E-state index contributed by atoms with van der Waals surface area (Å²) in [5.74, 6) is -2.09. The van der Waals surface area contributed by atoms with Crippen molar-refractivity contribution in [3.05, 3.63) is 12.2 Å². The Morgan fingerprint density at radius 2 is 0.923 bits per heavy atom. The van der Waals surface area contributed by atoms with Crippen LogP contribution < -0.4 is 10.2 Å². The van der Waals surface area contributed by atoms with Gasteiger partial charge in [-0.2, -0.15) is 0 Å². The zero-order valence-electron chi connectivity index (χ0n) is 17.2. The molecule has 0 atom stereocenters. The Balaban J connectivity index is 0. The summed E-state index contributed by atoms with van der Waals surface area (Å²) in [6, 6.07) is 0. The summed E-state index contributed by atoms with van der Waals surface area (Å²) >= 11 is 0. The fourth-order valence-electron chi connectivity index (χ4n) is 2.64. The molecule has 4 nitrogen and oxygen atoms in total. The lowest BCUT2D eigenvalue weighted by Crippen LogP contribution is -2.22. The van der Waals surface area contributed by atoms with Crippen molar-refractivity contribution in [3.63, 3.8) is 0 Å². The van der Waals surface area contributed by atoms with Crippen LogP contribution in [0.2, 0.25) is 0 Å². The summed E-state index contributed by atoms with van der Waals surface area (Å²) < 4.78 is 0. The van der Waals surface area contributed by atoms with E-state index in [2.05, 4.69) is 13.5 Å². The Morgan fingerprint density at radius 1 is 0.654 bits per heavy atom. The first-order valence-corrected chi connectivity index (χ1v) is 10.5. The van der Waals surface area contributed by atoms with E-state index in [1.165, 1.54) is 90.4 Å². The number of rotatable bonds is 17. The minimum absolute atomic E-state index is 0.0648. The molecule has 0 aromatic heterocycles. The summed E-state index contributed by atoms with van der Waals surface area (Å²) in [7, 11) is 0. The summed E-state index contributed by atoms with van der Waals surface area (Å²) in [5, 5.41) is 19.7. The molecule has 4 heteroatoms. The molecular weight excluding hydrogens is 328 g/mol. The van der Waals surface area contributed by atoms with Crippen molar-refractivity contribution in [2.75, 3.05) is 0 Å². The van der Waals surface area contributed by atoms with E-state index in [0.717, 1.165) is 12.8 Å². The third-order valence-electron chi connectivity index (χ3n) is 4.33. The lowest BCUT2D eigenvalue weighted by atomic mass is 10.0. The third kappa shape index (κ3) is 27.5. The lowest BCUT2D eigenvalue weighted by Gasteiger charge is -2.04. The number of hydrogen-bond donors (Lipinski definition) is 0. The predicted molar refractivity (Wildman–Crippen MR) is 104 cm³/mol. The molecule has 26 heavy (non-hydrogen) atoms. The van der Waals surface area contributed by atoms with Crippen LogP contribution in [0.15, 0.2) is 12.2 Å². The van der Waals surface area contributed by atoms with Crippen LogP contribution in [-0.4, -0.2) is 11.9 Å². The number of carbonyl (C=O) groups is 2. The number of aliphatic carboxylic acids is 2. The first-order valence-electron chi connectivity index (χ1n) is 10.5. The standard InChI is InChI=1S/C18H36O2.C4H6O2/c1-2-3-4-5-6-7-8-9-10-11-12-13-14-15-16-17-18(19)20;1-3(2)4(5)6/h2-17H2,1H3,(H,19,20);1H2,2H3,(H,5,6)/p-2. The minimum Gasteiger partial charge on any atom is -0.550 e. The number of hydrogen-bond acceptors (Lipinski definition) is 4. The molecule has 0 bridgehead atoms. The zero-order chi connectivity index (χ0) is 20.0. The van der Waals surface area contributed by atoms with Gasteiger partial charge in [-0.3, -0.25) is 0 Å². The summed E-state index contributed by atoms with van der Waals surface area (Å²) in [6.07, 6.45) is 19.9. The molecule has 0 spiro atoms. The van der Waals surface area contributed by atoms with Gasteiger partial charge in [-0.05, 0) is 25.3 Å². The highest BCUT2D eigenvalue weighted by molar-refractivity contribution is 5.82. The van der Waals surface area contributed by atoms with Gasteiger partial charge in [0, 0.05) is 5.97 Å². The Hall–Kier alpha value is -1.32. The van der Waals surface area contributed by atoms with Gasteiger partial charge in [0.1, 0.15) is 0 Å². The zero-order valence-corrected chi connectivity index (χ0v) is 17.2. The van der Waals surface area contributed by atoms with Crippen LogP contribution in [0.4, 0.5) is 0 Å². The molecule has 0 heterocycles. The van der Waals surface area contributed by atoms with Crippen molar-refractivity contribution in [2.24, 2.45) is 0 Å². The second kappa shape index (κ2) is 21.7. The monoisotopic (exact) mass is 368 g/mol. The molecule has 0 aliphatic rings. The molecule has 0 rings (SSSR count). The van der Waals surface area contributed by atoms with E-state index < -0.39 is 11.9 Å². The molecule has 0 fully saturated rings. The van der Waals surface area contributed by atoms with Crippen LogP contribution in [0, 0.1) is 0 Å². The molecule has 0 N–H and O–H groups in total. The van der Waals surface area contributed by atoms with Crippen molar-refractivity contribution in [3.8, 4) is 0 Å². The van der Waals surface area contributed by atoms with E-state index in [9.17, 15) is 19.8 Å². The van der Waals surface area contributed by atoms with Gasteiger partial charge in [-0.15, -0.1) is 0 Å². The van der Waals surface area contributed by atoms with Crippen LogP contribution in [0.5, 0.6) is 0 Å². The van der Waals surface area contributed by atoms with E-state index in [1.54, 1.807) is 0 Å². The Bertz CT molecular complexity index is 338. The van der Waals surface area contributed by atoms with Gasteiger partial charge in [-0.1, -0.05) is 103 Å². The van der Waals surface area contributed by atoms with E-state index in [1.807, 2.05) is 0 Å². The van der Waals surface area contributed by atoms with Gasteiger partial charge < -0.3 is 19.8 Å². The Kier molecular flexibility index (Phi) is 22.5. The Labute approximate surface area is 161 Å². The van der Waals surface area contributed by atoms with E-state index in [4.69, 9.17) is 0 Å². The highest BCUT2D eigenvalue weighted by atomic mass is 16.4. The van der Waals surface area contributed by atoms with E-state index in [0.29, 0.717) is 0 Å². The maximum Gasteiger partial charge on any atom is 0.0666 e. The first-order chi connectivity index (χ1) is 12.4. The topological polar surface area (TPSA) is 80.3 Å². The molecule has 0 radical (unpaired) electrons. The van der Waals surface area contributed by atoms with Gasteiger partial charge in [0.05, 0.1) is 5.97 Å². The molecule has 0 aliphatic carbocycles. The van der Waals surface area contributed by atoms with Crippen molar-refractivity contribution < 1.29 is 19.8 Å². The minimum atomic E-state index is -1.19. The molecule has 0 saturated carbocycles. The highest BCUT2D eigenvalue weighted by Crippen LogP contribution is 2.13. The number of carboxylic acids is 2. The van der Waals surface area contributed by atoms with Crippen molar-refractivity contribution in [2.45, 2.75) is 117 Å². The molecule has 0 saturated heterocycles. The smallest absolute Gasteiger partial charge is 0.0666 e. The average molecular weight is 369 g/mol. The average Bonchev–Trinajstić information content (AvgIpc) is 2.58. The van der Waals surface area contributed by atoms with Gasteiger partial charge >= 0.3 is 0 Å². The molecule has 154 valence electrons. The predicted octanol–water partition coefficient (Wildman–Crippen LogP) is 4.31. The van der Waals surface area contributed by atoms with Crippen molar-refractivity contribution >= 4 is 11.9 Å².